The van der Waals surface area contributed by atoms with Gasteiger partial charge in [0.05, 0.1) is 17.4 Å². The molecule has 4 atom stereocenters. The van der Waals surface area contributed by atoms with E-state index in [1.807, 2.05) is 0 Å². The summed E-state index contributed by atoms with van der Waals surface area (Å²) in [5.74, 6) is -1.85. The minimum absolute atomic E-state index is 0.258. The number of carbonyl (C=O) groups excluding carboxylic acids is 1. The maximum absolute atomic E-state index is 11.9. The molecule has 2 heterocycles. The fourth-order valence-corrected chi connectivity index (χ4v) is 4.23. The summed E-state index contributed by atoms with van der Waals surface area (Å²) in [7, 11) is 0. The molecule has 17 heavy (non-hydrogen) atoms. The largest absolute Gasteiger partial charge is 0.480 e. The number of aliphatic carboxylic acids is 1. The summed E-state index contributed by atoms with van der Waals surface area (Å²) < 4.78 is -0.540. The lowest BCUT2D eigenvalue weighted by Gasteiger charge is -2.44. The van der Waals surface area contributed by atoms with Crippen LogP contribution in [0.3, 0.4) is 0 Å². The highest BCUT2D eigenvalue weighted by Gasteiger charge is 2.64. The zero-order valence-corrected chi connectivity index (χ0v) is 10.5. The number of aliphatic hydroxyl groups is 1. The van der Waals surface area contributed by atoms with E-state index in [1.165, 1.54) is 22.7 Å². The molecule has 0 aromatic heterocycles. The summed E-state index contributed by atoms with van der Waals surface area (Å²) in [5, 5.41) is 18.6. The van der Waals surface area contributed by atoms with Gasteiger partial charge in [0.2, 0.25) is 5.91 Å². The van der Waals surface area contributed by atoms with Crippen molar-refractivity contribution in [3.05, 3.63) is 12.7 Å². The first-order valence-corrected chi connectivity index (χ1v) is 6.22. The molecule has 2 saturated heterocycles. The normalized spacial score (nSPS) is 36.1. The van der Waals surface area contributed by atoms with Crippen LogP contribution in [0.1, 0.15) is 13.8 Å². The molecule has 2 unspecified atom stereocenters. The molecule has 0 saturated carbocycles. The third-order valence-corrected chi connectivity index (χ3v) is 4.92. The van der Waals surface area contributed by atoms with Gasteiger partial charge in [0.25, 0.3) is 0 Å². The number of carboxylic acids is 1. The topological polar surface area (TPSA) is 77.8 Å². The number of hydrogen-bond donors (Lipinski definition) is 2. The number of hydrogen-bond acceptors (Lipinski definition) is 4. The Bertz CT molecular complexity index is 395. The Hall–Kier alpha value is -1.01. The number of fused-ring (bicyclic) bond motifs is 1. The molecule has 2 N–H and O–H groups in total. The minimum Gasteiger partial charge on any atom is -0.480 e. The number of aliphatic hydroxyl groups excluding tert-OH is 1. The first-order chi connectivity index (χ1) is 7.81. The number of amides is 1. The van der Waals surface area contributed by atoms with E-state index in [9.17, 15) is 19.8 Å². The number of nitrogens with zero attached hydrogens (tertiary/aromatic N) is 1. The molecule has 2 aliphatic heterocycles. The van der Waals surface area contributed by atoms with Crippen LogP contribution in [0.15, 0.2) is 12.7 Å². The first-order valence-electron chi connectivity index (χ1n) is 5.34. The smallest absolute Gasteiger partial charge is 0.327 e. The van der Waals surface area contributed by atoms with Crippen molar-refractivity contribution < 1.29 is 19.8 Å². The number of carboxylic acid groups (broad SMARTS) is 1. The van der Waals surface area contributed by atoms with Crippen LogP contribution >= 0.6 is 11.8 Å². The van der Waals surface area contributed by atoms with Gasteiger partial charge in [-0.2, -0.15) is 0 Å². The zero-order valence-electron chi connectivity index (χ0n) is 9.66. The van der Waals surface area contributed by atoms with Crippen LogP contribution in [0, 0.1) is 5.92 Å². The molecule has 0 aliphatic carbocycles. The standard InChI is InChI=1S/C11H15NO4S/c1-4-5(13)6-8(14)12-7(10(15)16)11(2,3)17-9(6)12/h4-7,9,13H,1H2,2-3H3,(H,15,16)/t5?,6?,7-,9+/m0/s1. The van der Waals surface area contributed by atoms with Crippen LogP contribution < -0.4 is 0 Å². The van der Waals surface area contributed by atoms with Gasteiger partial charge in [-0.15, -0.1) is 18.3 Å². The van der Waals surface area contributed by atoms with Crippen molar-refractivity contribution in [2.24, 2.45) is 5.92 Å². The molecule has 2 rings (SSSR count). The van der Waals surface area contributed by atoms with Crippen molar-refractivity contribution in [3.8, 4) is 0 Å². The number of carbonyl (C=O) groups is 2. The van der Waals surface area contributed by atoms with Gasteiger partial charge in [0.1, 0.15) is 6.04 Å². The molecule has 0 spiro atoms. The van der Waals surface area contributed by atoms with E-state index >= 15 is 0 Å². The van der Waals surface area contributed by atoms with Crippen LogP contribution in [-0.2, 0) is 9.59 Å². The van der Waals surface area contributed by atoms with Crippen LogP contribution in [-0.4, -0.2) is 49.3 Å². The van der Waals surface area contributed by atoms with Gasteiger partial charge in [0, 0.05) is 4.75 Å². The highest BCUT2D eigenvalue weighted by atomic mass is 32.2. The van der Waals surface area contributed by atoms with Crippen LogP contribution in [0.5, 0.6) is 0 Å². The Morgan fingerprint density at radius 1 is 1.65 bits per heavy atom. The SMILES string of the molecule is C=CC(O)C1C(=O)N2[C@@H]1SC(C)(C)[C@@H]2C(=O)O. The molecule has 1 amide bonds. The molecule has 6 heteroatoms. The van der Waals surface area contributed by atoms with Gasteiger partial charge in [-0.3, -0.25) is 4.79 Å². The highest BCUT2D eigenvalue weighted by Crippen LogP contribution is 2.54. The van der Waals surface area contributed by atoms with Crippen molar-refractivity contribution in [2.45, 2.75) is 36.1 Å². The third-order valence-electron chi connectivity index (χ3n) is 3.33. The Morgan fingerprint density at radius 3 is 2.71 bits per heavy atom. The summed E-state index contributed by atoms with van der Waals surface area (Å²) in [4.78, 5) is 24.5. The number of thioether (sulfide) groups is 1. The minimum atomic E-state index is -0.995. The van der Waals surface area contributed by atoms with E-state index < -0.39 is 28.8 Å². The molecular weight excluding hydrogens is 242 g/mol. The summed E-state index contributed by atoms with van der Waals surface area (Å²) in [6.07, 6.45) is 0.418. The van der Waals surface area contributed by atoms with E-state index in [-0.39, 0.29) is 11.3 Å². The highest BCUT2D eigenvalue weighted by molar-refractivity contribution is 8.01. The van der Waals surface area contributed by atoms with Crippen molar-refractivity contribution in [1.29, 1.82) is 0 Å². The van der Waals surface area contributed by atoms with Crippen LogP contribution in [0.25, 0.3) is 0 Å². The summed E-state index contributed by atoms with van der Waals surface area (Å²) >= 11 is 1.43. The third kappa shape index (κ3) is 1.58. The maximum atomic E-state index is 11.9. The van der Waals surface area contributed by atoms with E-state index in [2.05, 4.69) is 6.58 Å². The Morgan fingerprint density at radius 2 is 2.24 bits per heavy atom. The second-order valence-corrected chi connectivity index (χ2v) is 6.62. The second-order valence-electron chi connectivity index (χ2n) is 4.85. The fourth-order valence-electron chi connectivity index (χ4n) is 2.50. The predicted octanol–water partition coefficient (Wildman–Crippen LogP) is 0.296. The van der Waals surface area contributed by atoms with Crippen molar-refractivity contribution in [3.63, 3.8) is 0 Å². The number of rotatable bonds is 3. The van der Waals surface area contributed by atoms with Gasteiger partial charge in [-0.1, -0.05) is 6.08 Å². The maximum Gasteiger partial charge on any atom is 0.327 e. The lowest BCUT2D eigenvalue weighted by molar-refractivity contribution is -0.167. The van der Waals surface area contributed by atoms with E-state index in [4.69, 9.17) is 0 Å². The van der Waals surface area contributed by atoms with Gasteiger partial charge in [-0.25, -0.2) is 4.79 Å². The molecule has 0 radical (unpaired) electrons. The quantitative estimate of drug-likeness (QED) is 0.561. The molecule has 0 aromatic rings. The van der Waals surface area contributed by atoms with Gasteiger partial charge >= 0.3 is 5.97 Å². The number of β-lactam (4-membered cyclic amide) rings is 1. The Labute approximate surface area is 103 Å². The molecule has 2 aliphatic rings. The molecule has 94 valence electrons. The molecule has 0 aromatic carbocycles. The van der Waals surface area contributed by atoms with Gasteiger partial charge in [0.15, 0.2) is 0 Å². The van der Waals surface area contributed by atoms with Crippen LogP contribution in [0.2, 0.25) is 0 Å². The Kier molecular flexibility index (Phi) is 2.74. The molecule has 0 bridgehead atoms. The monoisotopic (exact) mass is 257 g/mol. The average Bonchev–Trinajstić information content (AvgIpc) is 2.46. The summed E-state index contributed by atoms with van der Waals surface area (Å²) in [6, 6.07) is -0.821. The lowest BCUT2D eigenvalue weighted by atomic mass is 9.88. The average molecular weight is 257 g/mol. The zero-order chi connectivity index (χ0) is 13.0. The van der Waals surface area contributed by atoms with E-state index in [1.54, 1.807) is 13.8 Å². The fraction of sp³-hybridized carbons (Fsp3) is 0.636. The van der Waals surface area contributed by atoms with Crippen molar-refractivity contribution in [1.82, 2.24) is 4.90 Å². The molecular formula is C11H15NO4S. The van der Waals surface area contributed by atoms with E-state index in [0.717, 1.165) is 0 Å². The summed E-state index contributed by atoms with van der Waals surface area (Å²) in [6.45, 7) is 7.07. The van der Waals surface area contributed by atoms with Crippen LogP contribution in [0.4, 0.5) is 0 Å². The Balaban J connectivity index is 2.27. The van der Waals surface area contributed by atoms with Gasteiger partial charge < -0.3 is 15.1 Å². The van der Waals surface area contributed by atoms with Gasteiger partial charge in [-0.05, 0) is 13.8 Å². The first kappa shape index (κ1) is 12.4. The van der Waals surface area contributed by atoms with Crippen molar-refractivity contribution >= 4 is 23.6 Å². The van der Waals surface area contributed by atoms with Crippen molar-refractivity contribution in [2.75, 3.05) is 0 Å². The molecule has 5 nitrogen and oxygen atoms in total. The predicted molar refractivity (Wildman–Crippen MR) is 63.4 cm³/mol. The second kappa shape index (κ2) is 3.74. The molecule has 2 fully saturated rings. The van der Waals surface area contributed by atoms with E-state index in [0.29, 0.717) is 0 Å². The lowest BCUT2D eigenvalue weighted by Crippen LogP contribution is -2.65. The summed E-state index contributed by atoms with van der Waals surface area (Å²) in [5.41, 5.74) is 0.